The van der Waals surface area contributed by atoms with Crippen LogP contribution >= 0.6 is 90.4 Å². The molecule has 29 heavy (non-hydrogen) atoms. The highest BCUT2D eigenvalue weighted by Gasteiger charge is 2.52. The van der Waals surface area contributed by atoms with Crippen LogP contribution in [-0.2, 0) is 5.41 Å². The van der Waals surface area contributed by atoms with E-state index in [1.165, 1.54) is 58.8 Å². The first-order chi connectivity index (χ1) is 14.0. The second-order valence-electron chi connectivity index (χ2n) is 7.51. The Balaban J connectivity index is 1.88. The van der Waals surface area contributed by atoms with E-state index in [9.17, 15) is 0 Å². The molecule has 0 atom stereocenters. The van der Waals surface area contributed by atoms with Crippen LogP contribution in [0, 0.1) is 14.3 Å². The minimum atomic E-state index is -0.236. The molecule has 2 aliphatic rings. The lowest BCUT2D eigenvalue weighted by molar-refractivity contribution is 0.791. The van der Waals surface area contributed by atoms with Gasteiger partial charge in [-0.3, -0.25) is 0 Å². The number of hydrogen-bond donors (Lipinski definition) is 0. The fourth-order valence-electron chi connectivity index (χ4n) is 5.12. The normalized spacial score (nSPS) is 14.5. The molecule has 0 fully saturated rings. The van der Waals surface area contributed by atoms with Crippen LogP contribution in [0.25, 0.3) is 22.3 Å². The summed E-state index contributed by atoms with van der Waals surface area (Å²) in [4.78, 5) is 0. The second-order valence-corrected chi connectivity index (χ2v) is 12.5. The summed E-state index contributed by atoms with van der Waals surface area (Å²) in [6, 6.07) is 27.8. The number of fused-ring (bicyclic) bond motifs is 10. The molecular weight excluding hydrogens is 808 g/mol. The highest BCUT2D eigenvalue weighted by Crippen LogP contribution is 2.63. The number of benzene rings is 4. The molecule has 0 bridgehead atoms. The van der Waals surface area contributed by atoms with Gasteiger partial charge in [-0.15, -0.1) is 0 Å². The van der Waals surface area contributed by atoms with Crippen LogP contribution < -0.4 is 0 Å². The molecule has 0 heterocycles. The molecule has 0 nitrogen and oxygen atoms in total. The molecule has 0 radical (unpaired) electrons. The third kappa shape index (κ3) is 2.64. The van der Waals surface area contributed by atoms with E-state index in [4.69, 9.17) is 0 Å². The van der Waals surface area contributed by atoms with Crippen molar-refractivity contribution in [3.8, 4) is 22.3 Å². The van der Waals surface area contributed by atoms with E-state index in [1.54, 1.807) is 0 Å². The maximum atomic E-state index is 2.46. The molecule has 4 heteroatoms. The Morgan fingerprint density at radius 1 is 0.379 bits per heavy atom. The fraction of sp³-hybridized carbons (Fsp3) is 0.0400. The Labute approximate surface area is 224 Å². The maximum Gasteiger partial charge on any atom is 0.0727 e. The van der Waals surface area contributed by atoms with Crippen molar-refractivity contribution in [1.29, 1.82) is 0 Å². The van der Waals surface area contributed by atoms with Crippen LogP contribution in [-0.4, -0.2) is 0 Å². The van der Waals surface area contributed by atoms with Gasteiger partial charge >= 0.3 is 0 Å². The van der Waals surface area contributed by atoms with Gasteiger partial charge in [0.15, 0.2) is 0 Å². The lowest BCUT2D eigenvalue weighted by Gasteiger charge is -2.31. The SMILES string of the molecule is Ic1ccc2c(c1)C1(c3cc(I)ccc3-2)c2cc(I)ccc2-c2ccc(I)cc21. The monoisotopic (exact) mass is 820 g/mol. The number of halogens is 4. The average Bonchev–Trinajstić information content (AvgIpc) is 3.13. The predicted octanol–water partition coefficient (Wildman–Crippen LogP) is 8.45. The van der Waals surface area contributed by atoms with Crippen molar-refractivity contribution in [3.05, 3.63) is 109 Å². The first-order valence-electron chi connectivity index (χ1n) is 9.21. The van der Waals surface area contributed by atoms with Crippen molar-refractivity contribution >= 4 is 90.4 Å². The van der Waals surface area contributed by atoms with Crippen molar-refractivity contribution in [2.24, 2.45) is 0 Å². The maximum absolute atomic E-state index is 2.46. The van der Waals surface area contributed by atoms with Crippen LogP contribution in [0.1, 0.15) is 22.3 Å². The first kappa shape index (κ1) is 19.5. The summed E-state index contributed by atoms with van der Waals surface area (Å²) in [6.45, 7) is 0. The van der Waals surface area contributed by atoms with E-state index >= 15 is 0 Å². The Bertz CT molecular complexity index is 1140. The molecule has 1 spiro atoms. The molecule has 0 saturated carbocycles. The molecule has 0 aromatic heterocycles. The van der Waals surface area contributed by atoms with Crippen molar-refractivity contribution in [2.75, 3.05) is 0 Å². The summed E-state index contributed by atoms with van der Waals surface area (Å²) in [6.07, 6.45) is 0. The van der Waals surface area contributed by atoms with Crippen molar-refractivity contribution in [2.45, 2.75) is 5.41 Å². The lowest BCUT2D eigenvalue weighted by atomic mass is 9.70. The van der Waals surface area contributed by atoms with Crippen LogP contribution in [0.4, 0.5) is 0 Å². The minimum absolute atomic E-state index is 0.236. The average molecular weight is 820 g/mol. The third-order valence-corrected chi connectivity index (χ3v) is 8.81. The highest BCUT2D eigenvalue weighted by atomic mass is 127. The van der Waals surface area contributed by atoms with Crippen molar-refractivity contribution < 1.29 is 0 Å². The zero-order valence-corrected chi connectivity index (χ0v) is 23.6. The Morgan fingerprint density at radius 2 is 0.621 bits per heavy atom. The summed E-state index contributed by atoms with van der Waals surface area (Å²) < 4.78 is 5.15. The molecule has 4 aromatic carbocycles. The molecule has 140 valence electrons. The van der Waals surface area contributed by atoms with Gasteiger partial charge in [0.05, 0.1) is 5.41 Å². The summed E-state index contributed by atoms with van der Waals surface area (Å²) in [5.74, 6) is 0. The Hall–Kier alpha value is -0.200. The van der Waals surface area contributed by atoms with E-state index in [1.807, 2.05) is 0 Å². The molecule has 0 saturated heterocycles. The van der Waals surface area contributed by atoms with Gasteiger partial charge in [-0.2, -0.15) is 0 Å². The quantitative estimate of drug-likeness (QED) is 0.135. The van der Waals surface area contributed by atoms with E-state index in [-0.39, 0.29) is 5.41 Å². The Kier molecular flexibility index (Phi) is 4.63. The number of hydrogen-bond acceptors (Lipinski definition) is 0. The standard InChI is InChI=1S/C25H12I4/c26-13-1-5-17-18-6-2-14(27)10-22(18)25(21(17)9-13)23-11-15(28)3-7-19(23)20-8-4-16(29)12-24(20)25/h1-12H. The lowest BCUT2D eigenvalue weighted by Crippen LogP contribution is -2.26. The summed E-state index contributed by atoms with van der Waals surface area (Å²) in [5, 5.41) is 0. The molecule has 6 rings (SSSR count). The summed E-state index contributed by atoms with van der Waals surface area (Å²) in [5.41, 5.74) is 10.9. The van der Waals surface area contributed by atoms with Gasteiger partial charge in [-0.05, 0) is 183 Å². The summed E-state index contributed by atoms with van der Waals surface area (Å²) >= 11 is 9.83. The van der Waals surface area contributed by atoms with Gasteiger partial charge in [0.2, 0.25) is 0 Å². The van der Waals surface area contributed by atoms with Gasteiger partial charge in [-0.25, -0.2) is 0 Å². The van der Waals surface area contributed by atoms with Crippen LogP contribution in [0.15, 0.2) is 72.8 Å². The molecule has 2 aliphatic carbocycles. The van der Waals surface area contributed by atoms with Gasteiger partial charge in [0.1, 0.15) is 0 Å². The van der Waals surface area contributed by atoms with Gasteiger partial charge in [0.25, 0.3) is 0 Å². The molecular formula is C25H12I4. The largest absolute Gasteiger partial charge is 0.0727 e. The predicted molar refractivity (Wildman–Crippen MR) is 154 cm³/mol. The zero-order chi connectivity index (χ0) is 19.9. The minimum Gasteiger partial charge on any atom is -0.0530 e. The van der Waals surface area contributed by atoms with Crippen LogP contribution in [0.2, 0.25) is 0 Å². The van der Waals surface area contributed by atoms with Crippen LogP contribution in [0.5, 0.6) is 0 Å². The first-order valence-corrected chi connectivity index (χ1v) is 13.5. The van der Waals surface area contributed by atoms with E-state index in [0.29, 0.717) is 0 Å². The van der Waals surface area contributed by atoms with E-state index in [2.05, 4.69) is 163 Å². The number of rotatable bonds is 0. The van der Waals surface area contributed by atoms with E-state index in [0.717, 1.165) is 0 Å². The van der Waals surface area contributed by atoms with Gasteiger partial charge < -0.3 is 0 Å². The second kappa shape index (κ2) is 6.90. The summed E-state index contributed by atoms with van der Waals surface area (Å²) in [7, 11) is 0. The topological polar surface area (TPSA) is 0 Å². The third-order valence-electron chi connectivity index (χ3n) is 6.12. The fourth-order valence-corrected chi connectivity index (χ4v) is 7.08. The van der Waals surface area contributed by atoms with Crippen molar-refractivity contribution in [3.63, 3.8) is 0 Å². The van der Waals surface area contributed by atoms with Crippen molar-refractivity contribution in [1.82, 2.24) is 0 Å². The zero-order valence-electron chi connectivity index (χ0n) is 14.9. The van der Waals surface area contributed by atoms with Gasteiger partial charge in [0, 0.05) is 14.3 Å². The van der Waals surface area contributed by atoms with E-state index < -0.39 is 0 Å². The smallest absolute Gasteiger partial charge is 0.0530 e. The van der Waals surface area contributed by atoms with Crippen LogP contribution in [0.3, 0.4) is 0 Å². The molecule has 4 aromatic rings. The molecule has 0 unspecified atom stereocenters. The molecule has 0 N–H and O–H groups in total. The molecule has 0 amide bonds. The Morgan fingerprint density at radius 3 is 0.862 bits per heavy atom. The van der Waals surface area contributed by atoms with Gasteiger partial charge in [-0.1, -0.05) is 24.3 Å². The highest BCUT2D eigenvalue weighted by molar-refractivity contribution is 14.1. The molecule has 0 aliphatic heterocycles.